The Morgan fingerprint density at radius 3 is 2.04 bits per heavy atom. The number of fused-ring (bicyclic) bond motifs is 7. The van der Waals surface area contributed by atoms with Crippen molar-refractivity contribution in [2.75, 3.05) is 0 Å². The highest BCUT2D eigenvalue weighted by atomic mass is 32.1. The van der Waals surface area contributed by atoms with Crippen LogP contribution in [0, 0.1) is 0 Å². The van der Waals surface area contributed by atoms with Crippen molar-refractivity contribution in [3.05, 3.63) is 139 Å². The van der Waals surface area contributed by atoms with Crippen LogP contribution in [0.3, 0.4) is 0 Å². The van der Waals surface area contributed by atoms with Gasteiger partial charge in [-0.15, -0.1) is 11.3 Å². The minimum Gasteiger partial charge on any atom is -0.485 e. The molecule has 1 aliphatic heterocycles. The number of thiophene rings is 1. The van der Waals surface area contributed by atoms with Gasteiger partial charge in [-0.2, -0.15) is 0 Å². The molecule has 4 heterocycles. The van der Waals surface area contributed by atoms with Crippen molar-refractivity contribution >= 4 is 42.6 Å². The first-order valence-corrected chi connectivity index (χ1v) is 16.4. The normalized spacial score (nSPS) is 16.5. The van der Waals surface area contributed by atoms with E-state index in [1.807, 2.05) is 78.9 Å². The van der Waals surface area contributed by atoms with E-state index in [2.05, 4.69) is 54.6 Å². The van der Waals surface area contributed by atoms with Gasteiger partial charge in [0.05, 0.1) is 0 Å². The number of nitrogens with zero attached hydrogens (tertiary/aromatic N) is 4. The van der Waals surface area contributed by atoms with Crippen LogP contribution in [0.4, 0.5) is 0 Å². The fourth-order valence-corrected chi connectivity index (χ4v) is 7.83. The molecular weight excluding hydrogens is 601 g/mol. The molecule has 0 saturated heterocycles. The van der Waals surface area contributed by atoms with E-state index in [1.54, 1.807) is 11.3 Å². The monoisotopic (exact) mass is 624 g/mol. The Bertz CT molecular complexity index is 2510. The van der Waals surface area contributed by atoms with Crippen molar-refractivity contribution in [1.29, 1.82) is 0 Å². The predicted octanol–water partition coefficient (Wildman–Crippen LogP) is 10.0. The van der Waals surface area contributed by atoms with Gasteiger partial charge in [0.1, 0.15) is 17.4 Å². The van der Waals surface area contributed by atoms with Crippen LogP contribution >= 0.6 is 11.3 Å². The zero-order valence-corrected chi connectivity index (χ0v) is 25.7. The molecule has 0 radical (unpaired) electrons. The fourth-order valence-electron chi connectivity index (χ4n) is 6.67. The molecule has 0 bridgehead atoms. The van der Waals surface area contributed by atoms with E-state index in [0.29, 0.717) is 23.4 Å². The molecule has 2 aliphatic rings. The lowest BCUT2D eigenvalue weighted by Gasteiger charge is -2.15. The van der Waals surface area contributed by atoms with Crippen LogP contribution in [0.15, 0.2) is 138 Å². The summed E-state index contributed by atoms with van der Waals surface area (Å²) in [5.74, 6) is 3.60. The van der Waals surface area contributed by atoms with E-state index in [4.69, 9.17) is 29.1 Å². The lowest BCUT2D eigenvalue weighted by molar-refractivity contribution is 0.269. The predicted molar refractivity (Wildman–Crippen MR) is 187 cm³/mol. The van der Waals surface area contributed by atoms with Crippen LogP contribution in [0.25, 0.3) is 76.9 Å². The molecule has 7 heteroatoms. The molecule has 2 atom stereocenters. The molecule has 0 amide bonds. The lowest BCUT2D eigenvalue weighted by atomic mass is 9.89. The third kappa shape index (κ3) is 4.31. The second-order valence-electron chi connectivity index (χ2n) is 11.8. The Kier molecular flexibility index (Phi) is 5.77. The summed E-state index contributed by atoms with van der Waals surface area (Å²) in [5.41, 5.74) is 6.55. The van der Waals surface area contributed by atoms with Crippen LogP contribution in [0.2, 0.25) is 0 Å². The summed E-state index contributed by atoms with van der Waals surface area (Å²) >= 11 is 1.73. The Hall–Kier alpha value is -5.92. The van der Waals surface area contributed by atoms with Gasteiger partial charge in [-0.1, -0.05) is 97.1 Å². The zero-order valence-electron chi connectivity index (χ0n) is 24.9. The molecule has 222 valence electrons. The van der Waals surface area contributed by atoms with Crippen molar-refractivity contribution < 1.29 is 9.15 Å². The maximum Gasteiger partial charge on any atom is 0.227 e. The van der Waals surface area contributed by atoms with E-state index in [1.165, 1.54) is 0 Å². The summed E-state index contributed by atoms with van der Waals surface area (Å²) in [5, 5.41) is 2.31. The number of oxazole rings is 1. The Labute approximate surface area is 273 Å². The van der Waals surface area contributed by atoms with Crippen LogP contribution in [0.1, 0.15) is 11.5 Å². The van der Waals surface area contributed by atoms with Gasteiger partial charge >= 0.3 is 0 Å². The van der Waals surface area contributed by atoms with Crippen molar-refractivity contribution in [1.82, 2.24) is 19.9 Å². The molecule has 0 N–H and O–H groups in total. The van der Waals surface area contributed by atoms with Gasteiger partial charge in [0.2, 0.25) is 5.89 Å². The van der Waals surface area contributed by atoms with Gasteiger partial charge in [0.25, 0.3) is 0 Å². The maximum atomic E-state index is 6.44. The highest BCUT2D eigenvalue weighted by molar-refractivity contribution is 7.25. The molecule has 2 unspecified atom stereocenters. The highest BCUT2D eigenvalue weighted by Gasteiger charge is 2.35. The van der Waals surface area contributed by atoms with Gasteiger partial charge < -0.3 is 9.15 Å². The fraction of sp³-hybridized carbons (Fsp3) is 0.0500. The summed E-state index contributed by atoms with van der Waals surface area (Å²) < 4.78 is 15.0. The number of allylic oxidation sites excluding steroid dienone is 2. The van der Waals surface area contributed by atoms with Crippen molar-refractivity contribution in [2.45, 2.75) is 12.0 Å². The standard InChI is InChI=1S/C40H24N4O2S/c1-3-10-23(11-4-1)37-42-38(24-12-5-2-6-13-24)44-39(43-37)25-18-19-26-29-21-30-33(22-35(29)47-34(26)20-25)46-40(41-30)28-15-9-17-32-36(28)27-14-7-8-16-31(27)45-32/h1-22,27,31H. The molecule has 8 aromatic rings. The number of hydrogen-bond donors (Lipinski definition) is 0. The quantitative estimate of drug-likeness (QED) is 0.194. The number of hydrogen-bond acceptors (Lipinski definition) is 7. The summed E-state index contributed by atoms with van der Waals surface area (Å²) in [6.07, 6.45) is 8.44. The van der Waals surface area contributed by atoms with Gasteiger partial charge in [0.15, 0.2) is 23.1 Å². The Morgan fingerprint density at radius 2 is 1.28 bits per heavy atom. The summed E-state index contributed by atoms with van der Waals surface area (Å²) in [6.45, 7) is 0. The average Bonchev–Trinajstić information content (AvgIpc) is 3.83. The SMILES string of the molecule is C1=CC2Oc3cccc(-c4nc5cc6c(cc5o4)sc4cc(-c5nc(-c7ccccc7)nc(-c7ccccc7)n5)ccc46)c3C2C=C1. The minimum absolute atomic E-state index is 0.00882. The lowest BCUT2D eigenvalue weighted by Crippen LogP contribution is -2.15. The molecule has 6 nitrogen and oxygen atoms in total. The summed E-state index contributed by atoms with van der Waals surface area (Å²) in [6, 6.07) is 36.9. The molecule has 5 aromatic carbocycles. The van der Waals surface area contributed by atoms with Gasteiger partial charge in [-0.25, -0.2) is 19.9 Å². The van der Waals surface area contributed by atoms with Crippen molar-refractivity contribution in [3.8, 4) is 51.4 Å². The van der Waals surface area contributed by atoms with Crippen molar-refractivity contribution in [2.24, 2.45) is 0 Å². The zero-order chi connectivity index (χ0) is 30.9. The van der Waals surface area contributed by atoms with E-state index >= 15 is 0 Å². The minimum atomic E-state index is 0.00882. The Balaban J connectivity index is 1.07. The third-order valence-electron chi connectivity index (χ3n) is 8.92. The van der Waals surface area contributed by atoms with Crippen LogP contribution in [-0.4, -0.2) is 26.0 Å². The first kappa shape index (κ1) is 26.3. The molecule has 1 aliphatic carbocycles. The third-order valence-corrected chi connectivity index (χ3v) is 10.0. The molecule has 3 aromatic heterocycles. The van der Waals surface area contributed by atoms with Crippen LogP contribution in [-0.2, 0) is 0 Å². The number of ether oxygens (including phenoxy) is 1. The first-order chi connectivity index (χ1) is 23.2. The van der Waals surface area contributed by atoms with E-state index in [-0.39, 0.29) is 12.0 Å². The molecular formula is C40H24N4O2S. The Morgan fingerprint density at radius 1 is 0.574 bits per heavy atom. The van der Waals surface area contributed by atoms with Gasteiger partial charge in [-0.05, 0) is 30.3 Å². The molecule has 0 fully saturated rings. The molecule has 10 rings (SSSR count). The van der Waals surface area contributed by atoms with E-state index in [0.717, 1.165) is 64.8 Å². The first-order valence-electron chi connectivity index (χ1n) is 15.5. The highest BCUT2D eigenvalue weighted by Crippen LogP contribution is 2.47. The topological polar surface area (TPSA) is 73.9 Å². The number of rotatable bonds is 4. The second kappa shape index (κ2) is 10.3. The van der Waals surface area contributed by atoms with Gasteiger partial charge in [-0.3, -0.25) is 0 Å². The number of benzene rings is 5. The van der Waals surface area contributed by atoms with E-state index in [9.17, 15) is 0 Å². The summed E-state index contributed by atoms with van der Waals surface area (Å²) in [4.78, 5) is 19.7. The van der Waals surface area contributed by atoms with Gasteiger partial charge in [0, 0.05) is 60.0 Å². The smallest absolute Gasteiger partial charge is 0.227 e. The van der Waals surface area contributed by atoms with Crippen LogP contribution < -0.4 is 4.74 Å². The largest absolute Gasteiger partial charge is 0.485 e. The molecule has 0 saturated carbocycles. The average molecular weight is 625 g/mol. The molecule has 47 heavy (non-hydrogen) atoms. The molecule has 0 spiro atoms. The van der Waals surface area contributed by atoms with Crippen molar-refractivity contribution in [3.63, 3.8) is 0 Å². The number of aromatic nitrogens is 4. The van der Waals surface area contributed by atoms with E-state index < -0.39 is 0 Å². The summed E-state index contributed by atoms with van der Waals surface area (Å²) in [7, 11) is 0. The second-order valence-corrected chi connectivity index (χ2v) is 12.9. The van der Waals surface area contributed by atoms with Crippen LogP contribution in [0.5, 0.6) is 5.75 Å². The maximum absolute atomic E-state index is 6.44.